The van der Waals surface area contributed by atoms with Crippen molar-refractivity contribution in [3.8, 4) is 0 Å². The molecule has 0 spiro atoms. The maximum atomic E-state index is 10.5. The zero-order valence-corrected chi connectivity index (χ0v) is 13.5. The molecule has 1 saturated heterocycles. The fourth-order valence-electron chi connectivity index (χ4n) is 5.77. The molecule has 3 fully saturated rings. The summed E-state index contributed by atoms with van der Waals surface area (Å²) in [6.07, 6.45) is 8.43. The molecule has 3 rings (SSSR count). The topological polar surface area (TPSA) is 29.5 Å². The first-order valence-electron chi connectivity index (χ1n) is 8.71. The van der Waals surface area contributed by atoms with Gasteiger partial charge in [0.25, 0.3) is 0 Å². The van der Waals surface area contributed by atoms with Crippen molar-refractivity contribution in [3.63, 3.8) is 0 Å². The minimum atomic E-state index is -0.0647. The average Bonchev–Trinajstić information content (AvgIpc) is 2.72. The maximum Gasteiger partial charge on any atom is 0.0596 e. The fourth-order valence-corrected chi connectivity index (χ4v) is 5.77. The van der Waals surface area contributed by atoms with Gasteiger partial charge in [-0.05, 0) is 73.5 Å². The minimum absolute atomic E-state index is 0.0647. The molecule has 2 saturated carbocycles. The van der Waals surface area contributed by atoms with Crippen LogP contribution in [0.15, 0.2) is 0 Å². The van der Waals surface area contributed by atoms with E-state index in [1.165, 1.54) is 38.5 Å². The summed E-state index contributed by atoms with van der Waals surface area (Å²) in [6.45, 7) is 9.17. The highest BCUT2D eigenvalue weighted by Gasteiger charge is 2.55. The minimum Gasteiger partial charge on any atom is -0.393 e. The van der Waals surface area contributed by atoms with Gasteiger partial charge in [-0.3, -0.25) is 0 Å². The van der Waals surface area contributed by atoms with Crippen LogP contribution in [0.25, 0.3) is 0 Å². The first-order chi connectivity index (χ1) is 9.45. The first kappa shape index (κ1) is 14.8. The Labute approximate surface area is 124 Å². The fraction of sp³-hybridized carbons (Fsp3) is 1.00. The van der Waals surface area contributed by atoms with Crippen LogP contribution < -0.4 is 0 Å². The predicted molar refractivity (Wildman–Crippen MR) is 81.5 cm³/mol. The molecule has 0 radical (unpaired) electrons. The number of ether oxygens (including phenoxy) is 1. The highest BCUT2D eigenvalue weighted by Crippen LogP contribution is 2.60. The number of hydrogen-bond acceptors (Lipinski definition) is 2. The van der Waals surface area contributed by atoms with Crippen LogP contribution in [0.1, 0.15) is 65.7 Å². The Morgan fingerprint density at radius 2 is 1.70 bits per heavy atom. The van der Waals surface area contributed by atoms with Gasteiger partial charge in [0.05, 0.1) is 6.10 Å². The second kappa shape index (κ2) is 5.28. The van der Waals surface area contributed by atoms with E-state index >= 15 is 0 Å². The van der Waals surface area contributed by atoms with Crippen molar-refractivity contribution in [3.05, 3.63) is 0 Å². The highest BCUT2D eigenvalue weighted by molar-refractivity contribution is 5.04. The normalized spacial score (nSPS) is 48.6. The molecule has 0 amide bonds. The smallest absolute Gasteiger partial charge is 0.0596 e. The summed E-state index contributed by atoms with van der Waals surface area (Å²) in [5.74, 6) is 2.31. The molecule has 2 aliphatic carbocycles. The third-order valence-corrected chi connectivity index (χ3v) is 7.10. The standard InChI is InChI=1S/C18H32O2/c1-17(2)9-4-11-20-12-8-13-14(17)7-10-18(3)15(13)5-6-16(18)19/h13-16,19H,4-12H2,1-3H3/t13?,14?,15?,16-,18-/m0/s1. The van der Waals surface area contributed by atoms with Crippen LogP contribution in [0.3, 0.4) is 0 Å². The Morgan fingerprint density at radius 1 is 0.900 bits per heavy atom. The molecule has 20 heavy (non-hydrogen) atoms. The summed E-state index contributed by atoms with van der Waals surface area (Å²) in [4.78, 5) is 0. The van der Waals surface area contributed by atoms with E-state index in [-0.39, 0.29) is 11.5 Å². The summed E-state index contributed by atoms with van der Waals surface area (Å²) in [5, 5.41) is 10.5. The van der Waals surface area contributed by atoms with Gasteiger partial charge in [-0.15, -0.1) is 0 Å². The van der Waals surface area contributed by atoms with Gasteiger partial charge in [-0.1, -0.05) is 20.8 Å². The number of fused-ring (bicyclic) bond motifs is 3. The van der Waals surface area contributed by atoms with E-state index in [1.54, 1.807) is 0 Å². The molecule has 1 aliphatic heterocycles. The predicted octanol–water partition coefficient (Wildman–Crippen LogP) is 4.02. The van der Waals surface area contributed by atoms with Crippen molar-refractivity contribution in [2.45, 2.75) is 71.8 Å². The van der Waals surface area contributed by atoms with E-state index in [0.717, 1.165) is 37.4 Å². The maximum absolute atomic E-state index is 10.5. The Morgan fingerprint density at radius 3 is 2.50 bits per heavy atom. The molecule has 2 nitrogen and oxygen atoms in total. The second-order valence-corrected chi connectivity index (χ2v) is 8.51. The van der Waals surface area contributed by atoms with Crippen molar-refractivity contribution < 1.29 is 9.84 Å². The molecular formula is C18H32O2. The largest absolute Gasteiger partial charge is 0.393 e. The molecule has 2 heteroatoms. The molecule has 0 aromatic rings. The van der Waals surface area contributed by atoms with Crippen LogP contribution in [-0.4, -0.2) is 24.4 Å². The van der Waals surface area contributed by atoms with Crippen LogP contribution in [0.5, 0.6) is 0 Å². The zero-order chi connectivity index (χ0) is 14.4. The van der Waals surface area contributed by atoms with Crippen LogP contribution in [0, 0.1) is 28.6 Å². The van der Waals surface area contributed by atoms with Crippen molar-refractivity contribution in [2.75, 3.05) is 13.2 Å². The number of hydrogen-bond donors (Lipinski definition) is 1. The lowest BCUT2D eigenvalue weighted by molar-refractivity contribution is -0.0668. The van der Waals surface area contributed by atoms with Gasteiger partial charge in [0.15, 0.2) is 0 Å². The molecule has 1 heterocycles. The SMILES string of the molecule is CC1(C)CCCOCCC2C1CC[C@@]1(C)C2CC[C@@H]1O. The Bertz CT molecular complexity index is 351. The monoisotopic (exact) mass is 280 g/mol. The highest BCUT2D eigenvalue weighted by atomic mass is 16.5. The van der Waals surface area contributed by atoms with Crippen LogP contribution in [0.4, 0.5) is 0 Å². The first-order valence-corrected chi connectivity index (χ1v) is 8.71. The van der Waals surface area contributed by atoms with E-state index in [1.807, 2.05) is 0 Å². The van der Waals surface area contributed by atoms with Gasteiger partial charge >= 0.3 is 0 Å². The molecule has 0 aromatic carbocycles. The van der Waals surface area contributed by atoms with Crippen molar-refractivity contribution in [1.29, 1.82) is 0 Å². The van der Waals surface area contributed by atoms with Crippen molar-refractivity contribution >= 4 is 0 Å². The third kappa shape index (κ3) is 2.33. The Balaban J connectivity index is 1.88. The number of aliphatic hydroxyl groups excluding tert-OH is 1. The summed E-state index contributed by atoms with van der Waals surface area (Å²) in [6, 6.07) is 0. The van der Waals surface area contributed by atoms with Gasteiger partial charge < -0.3 is 9.84 Å². The Kier molecular flexibility index (Phi) is 3.92. The summed E-state index contributed by atoms with van der Waals surface area (Å²) >= 11 is 0. The summed E-state index contributed by atoms with van der Waals surface area (Å²) < 4.78 is 5.84. The van der Waals surface area contributed by atoms with E-state index < -0.39 is 0 Å². The van der Waals surface area contributed by atoms with Crippen LogP contribution >= 0.6 is 0 Å². The van der Waals surface area contributed by atoms with Gasteiger partial charge in [-0.2, -0.15) is 0 Å². The molecule has 3 unspecified atom stereocenters. The quantitative estimate of drug-likeness (QED) is 0.726. The van der Waals surface area contributed by atoms with E-state index in [4.69, 9.17) is 4.74 Å². The van der Waals surface area contributed by atoms with E-state index in [2.05, 4.69) is 20.8 Å². The van der Waals surface area contributed by atoms with Crippen LogP contribution in [-0.2, 0) is 4.74 Å². The molecule has 1 N–H and O–H groups in total. The Hall–Kier alpha value is -0.0800. The summed E-state index contributed by atoms with van der Waals surface area (Å²) in [7, 11) is 0. The van der Waals surface area contributed by atoms with Gasteiger partial charge in [0.1, 0.15) is 0 Å². The number of rotatable bonds is 0. The third-order valence-electron chi connectivity index (χ3n) is 7.10. The van der Waals surface area contributed by atoms with Crippen molar-refractivity contribution in [1.82, 2.24) is 0 Å². The van der Waals surface area contributed by atoms with Crippen molar-refractivity contribution in [2.24, 2.45) is 28.6 Å². The van der Waals surface area contributed by atoms with Crippen LogP contribution in [0.2, 0.25) is 0 Å². The zero-order valence-electron chi connectivity index (χ0n) is 13.5. The summed E-state index contributed by atoms with van der Waals surface area (Å²) in [5.41, 5.74) is 0.624. The van der Waals surface area contributed by atoms with E-state index in [0.29, 0.717) is 5.41 Å². The van der Waals surface area contributed by atoms with E-state index in [9.17, 15) is 5.11 Å². The molecule has 3 aliphatic rings. The molecular weight excluding hydrogens is 248 g/mol. The molecule has 0 aromatic heterocycles. The number of aliphatic hydroxyl groups is 1. The lowest BCUT2D eigenvalue weighted by atomic mass is 9.53. The molecule has 0 bridgehead atoms. The molecule has 5 atom stereocenters. The average molecular weight is 280 g/mol. The van der Waals surface area contributed by atoms with Gasteiger partial charge in [0.2, 0.25) is 0 Å². The lowest BCUT2D eigenvalue weighted by Gasteiger charge is -2.52. The molecule has 116 valence electrons. The lowest BCUT2D eigenvalue weighted by Crippen LogP contribution is -2.47. The van der Waals surface area contributed by atoms with Gasteiger partial charge in [-0.25, -0.2) is 0 Å². The second-order valence-electron chi connectivity index (χ2n) is 8.51. The van der Waals surface area contributed by atoms with Gasteiger partial charge in [0, 0.05) is 13.2 Å².